The summed E-state index contributed by atoms with van der Waals surface area (Å²) in [4.78, 5) is 25.9. The minimum absolute atomic E-state index is 0.212. The molecule has 37 heavy (non-hydrogen) atoms. The Morgan fingerprint density at radius 3 is 2.43 bits per heavy atom. The van der Waals surface area contributed by atoms with Crippen LogP contribution in [0.4, 0.5) is 17.3 Å². The lowest BCUT2D eigenvalue weighted by atomic mass is 9.90. The Kier molecular flexibility index (Phi) is 7.28. The zero-order valence-corrected chi connectivity index (χ0v) is 23.1. The molecule has 1 aliphatic rings. The average molecular weight is 522 g/mol. The van der Waals surface area contributed by atoms with Gasteiger partial charge in [0.1, 0.15) is 11.6 Å². The van der Waals surface area contributed by atoms with Crippen molar-refractivity contribution >= 4 is 33.3 Å². The Bertz CT molecular complexity index is 1390. The number of nitrogens with zero attached hydrogens (tertiary/aromatic N) is 4. The van der Waals surface area contributed by atoms with Gasteiger partial charge in [-0.15, -0.1) is 0 Å². The van der Waals surface area contributed by atoms with Gasteiger partial charge in [0.25, 0.3) is 15.9 Å². The van der Waals surface area contributed by atoms with Crippen molar-refractivity contribution in [2.45, 2.75) is 57.5 Å². The fourth-order valence-corrected chi connectivity index (χ4v) is 5.51. The van der Waals surface area contributed by atoms with Crippen molar-refractivity contribution in [2.24, 2.45) is 5.92 Å². The number of aromatic nitrogens is 2. The molecule has 1 unspecified atom stereocenters. The summed E-state index contributed by atoms with van der Waals surface area (Å²) in [5.41, 5.74) is 2.09. The average Bonchev–Trinajstić information content (AvgIpc) is 3.15. The smallest absolute Gasteiger partial charge is 0.281 e. The minimum Gasteiger partial charge on any atom is -0.351 e. The largest absolute Gasteiger partial charge is 0.351 e. The minimum atomic E-state index is -4.23. The molecule has 4 rings (SSSR count). The maximum atomic E-state index is 13.2. The number of rotatable bonds is 7. The molecule has 1 aliphatic heterocycles. The maximum Gasteiger partial charge on any atom is 0.281 e. The summed E-state index contributed by atoms with van der Waals surface area (Å²) in [6.07, 6.45) is 2.58. The van der Waals surface area contributed by atoms with Gasteiger partial charge in [-0.2, -0.15) is 8.42 Å². The summed E-state index contributed by atoms with van der Waals surface area (Å²) in [5.74, 6) is 1.01. The molecule has 1 amide bonds. The Morgan fingerprint density at radius 2 is 1.81 bits per heavy atom. The fourth-order valence-electron chi connectivity index (χ4n) is 4.58. The van der Waals surface area contributed by atoms with Crippen LogP contribution in [0, 0.1) is 5.92 Å². The topological polar surface area (TPSA) is 95.5 Å². The van der Waals surface area contributed by atoms with Crippen LogP contribution in [0.1, 0.15) is 62.9 Å². The van der Waals surface area contributed by atoms with Gasteiger partial charge in [-0.25, -0.2) is 14.7 Å². The molecule has 0 bridgehead atoms. The normalized spacial score (nSPS) is 17.2. The number of anilines is 3. The fraction of sp³-hybridized carbons (Fsp3) is 0.393. The summed E-state index contributed by atoms with van der Waals surface area (Å²) >= 11 is 0. The van der Waals surface area contributed by atoms with E-state index in [0.717, 1.165) is 18.7 Å². The highest BCUT2D eigenvalue weighted by Gasteiger charge is 2.40. The SMILES string of the molecule is CC(C)c1ccc(N(C)c2cccc(S(=O)(=O)NC(=O)c3cccnc3N3CCC(C)C3(C)C)n2)cc1. The Labute approximate surface area is 219 Å². The molecule has 1 fully saturated rings. The zero-order valence-electron chi connectivity index (χ0n) is 22.3. The van der Waals surface area contributed by atoms with Gasteiger partial charge in [0.15, 0.2) is 5.03 Å². The highest BCUT2D eigenvalue weighted by atomic mass is 32.2. The van der Waals surface area contributed by atoms with Crippen molar-refractivity contribution in [2.75, 3.05) is 23.4 Å². The lowest BCUT2D eigenvalue weighted by Gasteiger charge is -2.36. The Balaban J connectivity index is 1.58. The third-order valence-electron chi connectivity index (χ3n) is 7.48. The molecule has 8 nitrogen and oxygen atoms in total. The highest BCUT2D eigenvalue weighted by molar-refractivity contribution is 7.90. The summed E-state index contributed by atoms with van der Waals surface area (Å²) < 4.78 is 28.6. The van der Waals surface area contributed by atoms with Crippen molar-refractivity contribution in [3.8, 4) is 0 Å². The van der Waals surface area contributed by atoms with Crippen molar-refractivity contribution in [1.82, 2.24) is 14.7 Å². The lowest BCUT2D eigenvalue weighted by molar-refractivity contribution is 0.0981. The number of benzene rings is 1. The van der Waals surface area contributed by atoms with E-state index in [1.54, 1.807) is 35.4 Å². The predicted molar refractivity (Wildman–Crippen MR) is 147 cm³/mol. The maximum absolute atomic E-state index is 13.2. The molecule has 0 saturated carbocycles. The number of amides is 1. The molecule has 3 aromatic rings. The molecule has 2 aromatic heterocycles. The number of pyridine rings is 2. The first-order valence-corrected chi connectivity index (χ1v) is 14.0. The molecule has 3 heterocycles. The van der Waals surface area contributed by atoms with Crippen LogP contribution >= 0.6 is 0 Å². The number of hydrogen-bond acceptors (Lipinski definition) is 7. The van der Waals surface area contributed by atoms with E-state index >= 15 is 0 Å². The van der Waals surface area contributed by atoms with E-state index in [2.05, 4.69) is 54.2 Å². The van der Waals surface area contributed by atoms with Gasteiger partial charge in [0, 0.05) is 31.0 Å². The van der Waals surface area contributed by atoms with Crippen LogP contribution in [0.2, 0.25) is 0 Å². The predicted octanol–water partition coefficient (Wildman–Crippen LogP) is 5.11. The molecule has 9 heteroatoms. The number of sulfonamides is 1. The number of nitrogens with one attached hydrogen (secondary N) is 1. The molecule has 0 radical (unpaired) electrons. The number of carbonyl (C=O) groups is 1. The Morgan fingerprint density at radius 1 is 1.11 bits per heavy atom. The van der Waals surface area contributed by atoms with Gasteiger partial charge in [-0.3, -0.25) is 4.79 Å². The second kappa shape index (κ2) is 10.1. The quantitative estimate of drug-likeness (QED) is 0.461. The first-order chi connectivity index (χ1) is 17.4. The van der Waals surface area contributed by atoms with Crippen molar-refractivity contribution in [3.63, 3.8) is 0 Å². The third kappa shape index (κ3) is 5.32. The molecule has 1 atom stereocenters. The van der Waals surface area contributed by atoms with E-state index in [1.165, 1.54) is 11.6 Å². The van der Waals surface area contributed by atoms with Crippen LogP contribution in [0.3, 0.4) is 0 Å². The second-order valence-electron chi connectivity index (χ2n) is 10.4. The summed E-state index contributed by atoms with van der Waals surface area (Å²) in [5, 5.41) is -0.232. The van der Waals surface area contributed by atoms with Crippen LogP contribution in [-0.4, -0.2) is 43.4 Å². The first-order valence-electron chi connectivity index (χ1n) is 12.5. The molecule has 196 valence electrons. The van der Waals surface area contributed by atoms with Gasteiger partial charge in [0.05, 0.1) is 5.56 Å². The van der Waals surface area contributed by atoms with Crippen molar-refractivity contribution < 1.29 is 13.2 Å². The van der Waals surface area contributed by atoms with E-state index in [-0.39, 0.29) is 16.1 Å². The molecular weight excluding hydrogens is 486 g/mol. The van der Waals surface area contributed by atoms with Gasteiger partial charge in [-0.05, 0) is 74.1 Å². The summed E-state index contributed by atoms with van der Waals surface area (Å²) in [6.45, 7) is 11.4. The monoisotopic (exact) mass is 521 g/mol. The molecule has 1 N–H and O–H groups in total. The summed E-state index contributed by atoms with van der Waals surface area (Å²) in [6, 6.07) is 16.0. The Hall–Kier alpha value is -3.46. The van der Waals surface area contributed by atoms with Crippen LogP contribution in [0.25, 0.3) is 0 Å². The van der Waals surface area contributed by atoms with Crippen LogP contribution in [0.5, 0.6) is 0 Å². The van der Waals surface area contributed by atoms with Gasteiger partial charge in [-0.1, -0.05) is 39.0 Å². The van der Waals surface area contributed by atoms with E-state index in [9.17, 15) is 13.2 Å². The van der Waals surface area contributed by atoms with E-state index in [4.69, 9.17) is 0 Å². The number of carbonyl (C=O) groups excluding carboxylic acids is 1. The van der Waals surface area contributed by atoms with E-state index in [0.29, 0.717) is 23.5 Å². The summed E-state index contributed by atoms with van der Waals surface area (Å²) in [7, 11) is -2.41. The van der Waals surface area contributed by atoms with Crippen LogP contribution in [0.15, 0.2) is 65.8 Å². The highest BCUT2D eigenvalue weighted by Crippen LogP contribution is 2.38. The van der Waals surface area contributed by atoms with E-state index in [1.807, 2.05) is 31.3 Å². The van der Waals surface area contributed by atoms with Crippen LogP contribution in [-0.2, 0) is 10.0 Å². The number of hydrogen-bond donors (Lipinski definition) is 1. The second-order valence-corrected chi connectivity index (χ2v) is 12.1. The molecule has 1 saturated heterocycles. The first kappa shape index (κ1) is 26.6. The zero-order chi connectivity index (χ0) is 27.0. The van der Waals surface area contributed by atoms with Gasteiger partial charge in [0.2, 0.25) is 0 Å². The van der Waals surface area contributed by atoms with E-state index < -0.39 is 15.9 Å². The molecule has 0 spiro atoms. The van der Waals surface area contributed by atoms with Gasteiger partial charge >= 0.3 is 0 Å². The molecule has 0 aliphatic carbocycles. The third-order valence-corrected chi connectivity index (χ3v) is 8.71. The molecular formula is C28H35N5O3S. The van der Waals surface area contributed by atoms with Crippen LogP contribution < -0.4 is 14.5 Å². The molecule has 1 aromatic carbocycles. The van der Waals surface area contributed by atoms with Crippen molar-refractivity contribution in [1.29, 1.82) is 0 Å². The van der Waals surface area contributed by atoms with Gasteiger partial charge < -0.3 is 9.80 Å². The lowest BCUT2D eigenvalue weighted by Crippen LogP contribution is -2.43. The van der Waals surface area contributed by atoms with Crippen molar-refractivity contribution in [3.05, 3.63) is 71.9 Å². The standard InChI is InChI=1S/C28H35N5O3S/c1-19(2)21-12-14-22(15-13-21)32(6)24-10-7-11-25(30-24)37(35,36)31-27(34)23-9-8-17-29-26(23)33-18-16-20(3)28(33,4)5/h7-15,17,19-20H,16,18H2,1-6H3,(H,31,34).